The summed E-state index contributed by atoms with van der Waals surface area (Å²) in [5, 5.41) is 15.8. The van der Waals surface area contributed by atoms with Gasteiger partial charge in [-0.05, 0) is 49.2 Å². The number of hydrogen-bond acceptors (Lipinski definition) is 6. The van der Waals surface area contributed by atoms with Crippen molar-refractivity contribution in [3.05, 3.63) is 60.1 Å². The van der Waals surface area contributed by atoms with Gasteiger partial charge in [0.15, 0.2) is 0 Å². The lowest BCUT2D eigenvalue weighted by Crippen LogP contribution is -2.24. The van der Waals surface area contributed by atoms with Gasteiger partial charge in [0.1, 0.15) is 5.58 Å². The zero-order chi connectivity index (χ0) is 22.1. The first-order chi connectivity index (χ1) is 14.3. The monoisotopic (exact) mass is 413 g/mol. The van der Waals surface area contributed by atoms with Crippen molar-refractivity contribution in [2.75, 3.05) is 11.4 Å². The molecule has 0 aliphatic heterocycles. The van der Waals surface area contributed by atoms with Crippen LogP contribution < -0.4 is 10.6 Å². The van der Waals surface area contributed by atoms with Crippen LogP contribution in [0.5, 0.6) is 0 Å². The second-order valence-electron chi connectivity index (χ2n) is 6.61. The predicted octanol–water partition coefficient (Wildman–Crippen LogP) is 2.08. The summed E-state index contributed by atoms with van der Waals surface area (Å²) in [5.74, 6) is -3.65. The minimum Gasteiger partial charge on any atom is -0.473 e. The molecule has 3 rings (SSSR count). The number of pyridine rings is 1. The molecule has 9 nitrogen and oxygen atoms in total. The van der Waals surface area contributed by atoms with Crippen LogP contribution in [-0.4, -0.2) is 46.1 Å². The molecule has 158 valence electrons. The van der Waals surface area contributed by atoms with Gasteiger partial charge in [-0.25, -0.2) is 9.59 Å². The van der Waals surface area contributed by atoms with Crippen LogP contribution >= 0.6 is 0 Å². The molecule has 0 fully saturated rings. The van der Waals surface area contributed by atoms with Crippen LogP contribution in [0.1, 0.15) is 18.2 Å². The van der Waals surface area contributed by atoms with Crippen LogP contribution in [0.3, 0.4) is 0 Å². The van der Waals surface area contributed by atoms with E-state index in [9.17, 15) is 4.79 Å². The molecule has 2 aromatic heterocycles. The number of hydrogen-bond donors (Lipinski definition) is 3. The van der Waals surface area contributed by atoms with Crippen molar-refractivity contribution < 1.29 is 29.0 Å². The van der Waals surface area contributed by atoms with E-state index in [1.54, 1.807) is 17.4 Å². The summed E-state index contributed by atoms with van der Waals surface area (Å²) in [7, 11) is 0. The van der Waals surface area contributed by atoms with Gasteiger partial charge in [-0.2, -0.15) is 0 Å². The maximum Gasteiger partial charge on any atom is 0.414 e. The Kier molecular flexibility index (Phi) is 8.07. The number of carboxylic acid groups (broad SMARTS) is 2. The molecule has 0 radical (unpaired) electrons. The third-order valence-electron chi connectivity index (χ3n) is 4.13. The van der Waals surface area contributed by atoms with Crippen LogP contribution in [0.4, 0.5) is 5.69 Å². The number of carbonyl (C=O) groups is 3. The standard InChI is InChI=1S/C19H21N3O2.C2H2O4/c1-14(20)10-16-12-18(11-15-6-9-24-19(15)16)22(13-23)8-5-17-4-2-3-7-21-17;3-1(4)2(5)6/h2-4,6-7,9,11-14H,5,8,10,20H2,1H3;(H,3,4)(H,5,6). The van der Waals surface area contributed by atoms with Crippen molar-refractivity contribution in [3.63, 3.8) is 0 Å². The van der Waals surface area contributed by atoms with Crippen molar-refractivity contribution in [3.8, 4) is 0 Å². The molecular formula is C21H23N3O6. The molecule has 30 heavy (non-hydrogen) atoms. The Hall–Kier alpha value is -3.72. The predicted molar refractivity (Wildman–Crippen MR) is 110 cm³/mol. The fraction of sp³-hybridized carbons (Fsp3) is 0.238. The third-order valence-corrected chi connectivity index (χ3v) is 4.13. The van der Waals surface area contributed by atoms with E-state index in [2.05, 4.69) is 4.98 Å². The summed E-state index contributed by atoms with van der Waals surface area (Å²) in [6.07, 6.45) is 5.69. The van der Waals surface area contributed by atoms with E-state index >= 15 is 0 Å². The zero-order valence-corrected chi connectivity index (χ0v) is 16.4. The molecule has 1 aromatic carbocycles. The summed E-state index contributed by atoms with van der Waals surface area (Å²) in [6, 6.07) is 11.7. The molecule has 1 atom stereocenters. The van der Waals surface area contributed by atoms with Gasteiger partial charge in [0.2, 0.25) is 6.41 Å². The largest absolute Gasteiger partial charge is 0.473 e. The van der Waals surface area contributed by atoms with Gasteiger partial charge in [-0.1, -0.05) is 6.07 Å². The smallest absolute Gasteiger partial charge is 0.414 e. The fourth-order valence-electron chi connectivity index (χ4n) is 2.83. The summed E-state index contributed by atoms with van der Waals surface area (Å²) in [6.45, 7) is 2.53. The number of aliphatic carboxylic acids is 2. The number of furan rings is 1. The summed E-state index contributed by atoms with van der Waals surface area (Å²) < 4.78 is 5.58. The number of fused-ring (bicyclic) bond motifs is 1. The van der Waals surface area contributed by atoms with E-state index in [4.69, 9.17) is 30.0 Å². The van der Waals surface area contributed by atoms with Gasteiger partial charge < -0.3 is 25.3 Å². The molecule has 2 heterocycles. The quantitative estimate of drug-likeness (QED) is 0.394. The molecule has 3 aromatic rings. The van der Waals surface area contributed by atoms with Gasteiger partial charge in [-0.15, -0.1) is 0 Å². The topological polar surface area (TPSA) is 147 Å². The van der Waals surface area contributed by atoms with E-state index in [0.29, 0.717) is 19.4 Å². The van der Waals surface area contributed by atoms with Crippen LogP contribution in [0, 0.1) is 0 Å². The molecule has 4 N–H and O–H groups in total. The average Bonchev–Trinajstić information content (AvgIpc) is 3.18. The van der Waals surface area contributed by atoms with Gasteiger partial charge >= 0.3 is 11.9 Å². The van der Waals surface area contributed by atoms with Crippen LogP contribution in [0.15, 0.2) is 53.3 Å². The number of amides is 1. The highest BCUT2D eigenvalue weighted by Crippen LogP contribution is 2.28. The molecule has 0 saturated carbocycles. The lowest BCUT2D eigenvalue weighted by Gasteiger charge is -2.19. The minimum absolute atomic E-state index is 0.0201. The first-order valence-electron chi connectivity index (χ1n) is 9.15. The Morgan fingerprint density at radius 3 is 2.53 bits per heavy atom. The van der Waals surface area contributed by atoms with Gasteiger partial charge in [0.05, 0.1) is 6.26 Å². The highest BCUT2D eigenvalue weighted by atomic mass is 16.4. The molecule has 1 amide bonds. The number of aromatic nitrogens is 1. The highest BCUT2D eigenvalue weighted by Gasteiger charge is 2.13. The summed E-state index contributed by atoms with van der Waals surface area (Å²) in [5.41, 5.74) is 9.62. The summed E-state index contributed by atoms with van der Waals surface area (Å²) >= 11 is 0. The lowest BCUT2D eigenvalue weighted by molar-refractivity contribution is -0.159. The fourth-order valence-corrected chi connectivity index (χ4v) is 2.83. The maximum absolute atomic E-state index is 11.6. The van der Waals surface area contributed by atoms with E-state index in [1.165, 1.54) is 0 Å². The number of rotatable bonds is 7. The highest BCUT2D eigenvalue weighted by molar-refractivity contribution is 6.27. The minimum atomic E-state index is -1.82. The van der Waals surface area contributed by atoms with E-state index in [-0.39, 0.29) is 6.04 Å². The number of nitrogens with two attached hydrogens (primary N) is 1. The number of anilines is 1. The molecular weight excluding hydrogens is 390 g/mol. The maximum atomic E-state index is 11.6. The Labute approximate surface area is 172 Å². The second-order valence-corrected chi connectivity index (χ2v) is 6.61. The van der Waals surface area contributed by atoms with Crippen molar-refractivity contribution in [1.82, 2.24) is 4.98 Å². The molecule has 0 aliphatic carbocycles. The Balaban J connectivity index is 0.000000469. The Morgan fingerprint density at radius 2 is 1.97 bits per heavy atom. The van der Waals surface area contributed by atoms with E-state index in [0.717, 1.165) is 34.3 Å². The second kappa shape index (κ2) is 10.7. The molecule has 0 aliphatic rings. The molecule has 0 bridgehead atoms. The van der Waals surface area contributed by atoms with Crippen molar-refractivity contribution in [1.29, 1.82) is 0 Å². The number of carboxylic acids is 2. The SMILES string of the molecule is CC(N)Cc1cc(N(C=O)CCc2ccccn2)cc2ccoc12.O=C(O)C(=O)O. The molecule has 0 spiro atoms. The number of benzene rings is 1. The first-order valence-corrected chi connectivity index (χ1v) is 9.15. The van der Waals surface area contributed by atoms with Crippen LogP contribution in [0.25, 0.3) is 11.0 Å². The lowest BCUT2D eigenvalue weighted by atomic mass is 10.0. The average molecular weight is 413 g/mol. The molecule has 0 saturated heterocycles. The Bertz CT molecular complexity index is 988. The van der Waals surface area contributed by atoms with Crippen molar-refractivity contribution >= 4 is 35.0 Å². The van der Waals surface area contributed by atoms with Gasteiger partial charge in [0, 0.05) is 42.0 Å². The first kappa shape index (κ1) is 22.6. The number of carbonyl (C=O) groups excluding carboxylic acids is 1. The van der Waals surface area contributed by atoms with E-state index < -0.39 is 11.9 Å². The normalized spacial score (nSPS) is 11.3. The van der Waals surface area contributed by atoms with Crippen LogP contribution in [-0.2, 0) is 27.2 Å². The molecule has 1 unspecified atom stereocenters. The van der Waals surface area contributed by atoms with Crippen LogP contribution in [0.2, 0.25) is 0 Å². The van der Waals surface area contributed by atoms with Crippen molar-refractivity contribution in [2.45, 2.75) is 25.8 Å². The van der Waals surface area contributed by atoms with Gasteiger partial charge in [0.25, 0.3) is 0 Å². The van der Waals surface area contributed by atoms with Gasteiger partial charge in [-0.3, -0.25) is 9.78 Å². The molecule has 9 heteroatoms. The Morgan fingerprint density at radius 1 is 1.23 bits per heavy atom. The zero-order valence-electron chi connectivity index (χ0n) is 16.4. The van der Waals surface area contributed by atoms with Crippen molar-refractivity contribution in [2.24, 2.45) is 5.73 Å². The van der Waals surface area contributed by atoms with E-state index in [1.807, 2.05) is 43.3 Å². The summed E-state index contributed by atoms with van der Waals surface area (Å²) in [4.78, 5) is 35.8. The third kappa shape index (κ3) is 6.42. The number of nitrogens with zero attached hydrogens (tertiary/aromatic N) is 2.